The summed E-state index contributed by atoms with van der Waals surface area (Å²) in [6, 6.07) is 5.47. The van der Waals surface area contributed by atoms with Gasteiger partial charge in [0.05, 0.1) is 6.61 Å². The first-order valence-corrected chi connectivity index (χ1v) is 5.81. The van der Waals surface area contributed by atoms with Crippen molar-refractivity contribution in [2.45, 2.75) is 33.2 Å². The number of benzene rings is 1. The predicted octanol–water partition coefficient (Wildman–Crippen LogP) is 2.49. The first kappa shape index (κ1) is 16.7. The number of hydrogen-bond acceptors (Lipinski definition) is 3. The Morgan fingerprint density at radius 1 is 1.50 bits per heavy atom. The Hall–Kier alpha value is -1.26. The van der Waals surface area contributed by atoms with Gasteiger partial charge in [-0.05, 0) is 44.5 Å². The van der Waals surface area contributed by atoms with Gasteiger partial charge in [-0.1, -0.05) is 0 Å². The maximum atomic E-state index is 11.6. The molecule has 1 unspecified atom stereocenters. The lowest BCUT2D eigenvalue weighted by atomic mass is 10.1. The summed E-state index contributed by atoms with van der Waals surface area (Å²) < 4.78 is 5.38. The molecule has 0 aliphatic rings. The quantitative estimate of drug-likeness (QED) is 0.866. The van der Waals surface area contributed by atoms with Gasteiger partial charge < -0.3 is 15.8 Å². The minimum absolute atomic E-state index is 0. The summed E-state index contributed by atoms with van der Waals surface area (Å²) >= 11 is 0. The zero-order chi connectivity index (χ0) is 12.8. The molecule has 0 fully saturated rings. The smallest absolute Gasteiger partial charge is 0.225 e. The molecule has 0 bridgehead atoms. The molecule has 18 heavy (non-hydrogen) atoms. The lowest BCUT2D eigenvalue weighted by molar-refractivity contribution is -0.116. The number of halogens is 1. The van der Waals surface area contributed by atoms with E-state index in [9.17, 15) is 4.79 Å². The Kier molecular flexibility index (Phi) is 7.39. The number of anilines is 1. The van der Waals surface area contributed by atoms with Crippen LogP contribution in [0.5, 0.6) is 5.75 Å². The topological polar surface area (TPSA) is 64.3 Å². The van der Waals surface area contributed by atoms with Crippen LogP contribution in [0.15, 0.2) is 18.2 Å². The minimum atomic E-state index is -0.127. The zero-order valence-electron chi connectivity index (χ0n) is 11.0. The molecule has 0 saturated carbocycles. The van der Waals surface area contributed by atoms with E-state index in [0.29, 0.717) is 13.0 Å². The Balaban J connectivity index is 0.00000289. The third-order valence-electron chi connectivity index (χ3n) is 2.29. The van der Waals surface area contributed by atoms with Gasteiger partial charge >= 0.3 is 0 Å². The SMILES string of the molecule is CCOc1ccc(NC(=O)CC(C)N)c(C)c1.Cl. The highest BCUT2D eigenvalue weighted by Crippen LogP contribution is 2.21. The molecule has 102 valence electrons. The van der Waals surface area contributed by atoms with Gasteiger partial charge in [-0.25, -0.2) is 0 Å². The molecule has 5 heteroatoms. The molecule has 0 radical (unpaired) electrons. The highest BCUT2D eigenvalue weighted by molar-refractivity contribution is 5.91. The molecule has 0 aliphatic heterocycles. The maximum Gasteiger partial charge on any atom is 0.225 e. The summed E-state index contributed by atoms with van der Waals surface area (Å²) in [6.07, 6.45) is 0.326. The van der Waals surface area contributed by atoms with E-state index in [-0.39, 0.29) is 24.4 Å². The minimum Gasteiger partial charge on any atom is -0.494 e. The Morgan fingerprint density at radius 2 is 2.17 bits per heavy atom. The molecule has 3 N–H and O–H groups in total. The first-order chi connectivity index (χ1) is 8.02. The van der Waals surface area contributed by atoms with E-state index >= 15 is 0 Å². The largest absolute Gasteiger partial charge is 0.494 e. The van der Waals surface area contributed by atoms with Crippen LogP contribution in [-0.4, -0.2) is 18.6 Å². The third kappa shape index (κ3) is 5.38. The molecular formula is C13H21ClN2O2. The van der Waals surface area contributed by atoms with Gasteiger partial charge in [0.15, 0.2) is 0 Å². The van der Waals surface area contributed by atoms with Crippen molar-refractivity contribution in [3.63, 3.8) is 0 Å². The number of nitrogens with one attached hydrogen (secondary N) is 1. The summed E-state index contributed by atoms with van der Waals surface area (Å²) in [5.74, 6) is 0.752. The van der Waals surface area contributed by atoms with Gasteiger partial charge in [0.25, 0.3) is 0 Å². The van der Waals surface area contributed by atoms with E-state index in [1.165, 1.54) is 0 Å². The number of amides is 1. The van der Waals surface area contributed by atoms with Gasteiger partial charge in [-0.2, -0.15) is 0 Å². The number of aryl methyl sites for hydroxylation is 1. The average molecular weight is 273 g/mol. The number of carbonyl (C=O) groups excluding carboxylic acids is 1. The van der Waals surface area contributed by atoms with Gasteiger partial charge in [0.2, 0.25) is 5.91 Å². The van der Waals surface area contributed by atoms with Gasteiger partial charge in [-0.3, -0.25) is 4.79 Å². The molecule has 0 saturated heterocycles. The monoisotopic (exact) mass is 272 g/mol. The van der Waals surface area contributed by atoms with Gasteiger partial charge in [-0.15, -0.1) is 12.4 Å². The lowest BCUT2D eigenvalue weighted by Gasteiger charge is -2.11. The first-order valence-electron chi connectivity index (χ1n) is 5.81. The molecule has 0 heterocycles. The fourth-order valence-corrected chi connectivity index (χ4v) is 1.53. The summed E-state index contributed by atoms with van der Waals surface area (Å²) in [5.41, 5.74) is 7.35. The van der Waals surface area contributed by atoms with Crippen molar-refractivity contribution in [1.82, 2.24) is 0 Å². The molecule has 1 aromatic rings. The number of rotatable bonds is 5. The molecule has 4 nitrogen and oxygen atoms in total. The van der Waals surface area contributed by atoms with Crippen LogP contribution in [0.4, 0.5) is 5.69 Å². The van der Waals surface area contributed by atoms with Crippen LogP contribution in [0.1, 0.15) is 25.8 Å². The van der Waals surface area contributed by atoms with Crippen LogP contribution in [0.3, 0.4) is 0 Å². The number of carbonyl (C=O) groups is 1. The molecule has 1 rings (SSSR count). The second-order valence-corrected chi connectivity index (χ2v) is 4.14. The second kappa shape index (κ2) is 7.95. The van der Waals surface area contributed by atoms with Crippen molar-refractivity contribution in [2.24, 2.45) is 5.73 Å². The van der Waals surface area contributed by atoms with Crippen molar-refractivity contribution >= 4 is 24.0 Å². The standard InChI is InChI=1S/C13H20N2O2.ClH/c1-4-17-11-5-6-12(9(2)7-11)15-13(16)8-10(3)14;/h5-7,10H,4,8,14H2,1-3H3,(H,15,16);1H. The third-order valence-corrected chi connectivity index (χ3v) is 2.29. The summed E-state index contributed by atoms with van der Waals surface area (Å²) in [5, 5.41) is 2.84. The van der Waals surface area contributed by atoms with Crippen molar-refractivity contribution in [1.29, 1.82) is 0 Å². The van der Waals surface area contributed by atoms with Gasteiger partial charge in [0.1, 0.15) is 5.75 Å². The maximum absolute atomic E-state index is 11.6. The molecule has 0 aromatic heterocycles. The van der Waals surface area contributed by atoms with Crippen LogP contribution >= 0.6 is 12.4 Å². The van der Waals surface area contributed by atoms with Crippen LogP contribution in [0.25, 0.3) is 0 Å². The highest BCUT2D eigenvalue weighted by atomic mass is 35.5. The van der Waals surface area contributed by atoms with Crippen LogP contribution in [0.2, 0.25) is 0 Å². The fraction of sp³-hybridized carbons (Fsp3) is 0.462. The zero-order valence-corrected chi connectivity index (χ0v) is 11.8. The summed E-state index contributed by atoms with van der Waals surface area (Å²) in [7, 11) is 0. The number of hydrogen-bond donors (Lipinski definition) is 2. The van der Waals surface area contributed by atoms with E-state index in [0.717, 1.165) is 17.0 Å². The van der Waals surface area contributed by atoms with Crippen molar-refractivity contribution in [3.05, 3.63) is 23.8 Å². The van der Waals surface area contributed by atoms with E-state index in [1.54, 1.807) is 0 Å². The summed E-state index contributed by atoms with van der Waals surface area (Å²) in [4.78, 5) is 11.6. The van der Waals surface area contributed by atoms with Crippen LogP contribution in [0, 0.1) is 6.92 Å². The van der Waals surface area contributed by atoms with E-state index in [2.05, 4.69) is 5.32 Å². The van der Waals surface area contributed by atoms with E-state index in [1.807, 2.05) is 39.0 Å². The Labute approximate surface area is 114 Å². The van der Waals surface area contributed by atoms with E-state index in [4.69, 9.17) is 10.5 Å². The average Bonchev–Trinajstić information content (AvgIpc) is 2.21. The van der Waals surface area contributed by atoms with Crippen LogP contribution in [-0.2, 0) is 4.79 Å². The number of nitrogens with two attached hydrogens (primary N) is 1. The Morgan fingerprint density at radius 3 is 2.67 bits per heavy atom. The van der Waals surface area contributed by atoms with E-state index < -0.39 is 0 Å². The molecule has 1 amide bonds. The normalized spacial score (nSPS) is 11.3. The van der Waals surface area contributed by atoms with Crippen molar-refractivity contribution in [2.75, 3.05) is 11.9 Å². The molecule has 1 atom stereocenters. The second-order valence-electron chi connectivity index (χ2n) is 4.14. The Bertz CT molecular complexity index is 395. The molecular weight excluding hydrogens is 252 g/mol. The van der Waals surface area contributed by atoms with Crippen molar-refractivity contribution < 1.29 is 9.53 Å². The predicted molar refractivity (Wildman–Crippen MR) is 76.5 cm³/mol. The molecule has 0 aliphatic carbocycles. The summed E-state index contributed by atoms with van der Waals surface area (Å²) in [6.45, 7) is 6.32. The molecule has 0 spiro atoms. The highest BCUT2D eigenvalue weighted by Gasteiger charge is 2.07. The van der Waals surface area contributed by atoms with Gasteiger partial charge in [0, 0.05) is 18.2 Å². The fourth-order valence-electron chi connectivity index (χ4n) is 1.53. The number of ether oxygens (including phenoxy) is 1. The molecule has 1 aromatic carbocycles. The van der Waals surface area contributed by atoms with Crippen LogP contribution < -0.4 is 15.8 Å². The lowest BCUT2D eigenvalue weighted by Crippen LogP contribution is -2.24. The van der Waals surface area contributed by atoms with Crippen molar-refractivity contribution in [3.8, 4) is 5.75 Å².